The van der Waals surface area contributed by atoms with Crippen LogP contribution >= 0.6 is 0 Å². The number of morpholine rings is 1. The Kier molecular flexibility index (Phi) is 11.1. The van der Waals surface area contributed by atoms with Crippen LogP contribution in [0.4, 0.5) is 16.2 Å². The maximum atomic E-state index is 13.6. The van der Waals surface area contributed by atoms with Gasteiger partial charge < -0.3 is 35.0 Å². The Balaban J connectivity index is 1.32. The second-order valence-corrected chi connectivity index (χ2v) is 12.3. The molecular weight excluding hydrogens is 586 g/mol. The van der Waals surface area contributed by atoms with Crippen molar-refractivity contribution in [2.45, 2.75) is 38.8 Å². The molecule has 0 saturated carbocycles. The summed E-state index contributed by atoms with van der Waals surface area (Å²) in [5.74, 6) is 0.105. The summed E-state index contributed by atoms with van der Waals surface area (Å²) < 4.78 is 12.0. The Morgan fingerprint density at radius 1 is 1.07 bits per heavy atom. The number of urea groups is 1. The highest BCUT2D eigenvalue weighted by Gasteiger charge is 2.32. The fourth-order valence-electron chi connectivity index (χ4n) is 5.93. The minimum absolute atomic E-state index is 0.0496. The van der Waals surface area contributed by atoms with E-state index in [0.717, 1.165) is 29.5 Å². The number of aliphatic hydroxyl groups excluding tert-OH is 1. The van der Waals surface area contributed by atoms with E-state index in [1.807, 2.05) is 56.3 Å². The first kappa shape index (κ1) is 33.2. The Hall–Kier alpha value is -4.19. The lowest BCUT2D eigenvalue weighted by atomic mass is 10.0. The van der Waals surface area contributed by atoms with Crippen LogP contribution in [0.3, 0.4) is 0 Å². The number of amides is 4. The molecule has 0 radical (unpaired) electrons. The molecule has 3 aromatic carbocycles. The summed E-state index contributed by atoms with van der Waals surface area (Å²) in [7, 11) is 1.72. The normalized spacial score (nSPS) is 19.7. The molecule has 0 aliphatic carbocycles. The lowest BCUT2D eigenvalue weighted by molar-refractivity contribution is -0.134. The van der Waals surface area contributed by atoms with Gasteiger partial charge in [-0.3, -0.25) is 14.5 Å². The third-order valence-electron chi connectivity index (χ3n) is 8.79. The monoisotopic (exact) mass is 631 g/mol. The topological polar surface area (TPSA) is 124 Å². The van der Waals surface area contributed by atoms with Crippen molar-refractivity contribution in [2.24, 2.45) is 5.92 Å². The first-order valence-electron chi connectivity index (χ1n) is 16.0. The number of ether oxygens (including phenoxy) is 2. The molecule has 2 heterocycles. The lowest BCUT2D eigenvalue weighted by Crippen LogP contribution is -2.48. The molecule has 0 aromatic heterocycles. The first-order valence-corrected chi connectivity index (χ1v) is 16.0. The Morgan fingerprint density at radius 2 is 1.83 bits per heavy atom. The number of carbonyl (C=O) groups is 3. The van der Waals surface area contributed by atoms with Gasteiger partial charge in [-0.15, -0.1) is 0 Å². The van der Waals surface area contributed by atoms with E-state index in [9.17, 15) is 19.5 Å². The summed E-state index contributed by atoms with van der Waals surface area (Å²) in [6, 6.07) is 18.3. The molecule has 1 saturated heterocycles. The molecular formula is C35H45N5O6. The molecule has 0 bridgehead atoms. The van der Waals surface area contributed by atoms with Crippen LogP contribution in [0.1, 0.15) is 25.8 Å². The number of rotatable bonds is 9. The molecule has 246 valence electrons. The van der Waals surface area contributed by atoms with Crippen molar-refractivity contribution in [1.82, 2.24) is 14.7 Å². The van der Waals surface area contributed by atoms with Crippen molar-refractivity contribution < 1.29 is 29.0 Å². The molecule has 11 nitrogen and oxygen atoms in total. The molecule has 3 aromatic rings. The highest BCUT2D eigenvalue weighted by molar-refractivity contribution is 6.01. The Labute approximate surface area is 270 Å². The molecule has 3 N–H and O–H groups in total. The van der Waals surface area contributed by atoms with E-state index >= 15 is 0 Å². The van der Waals surface area contributed by atoms with Gasteiger partial charge in [0, 0.05) is 62.2 Å². The zero-order chi connectivity index (χ0) is 32.6. The Bertz CT molecular complexity index is 1520. The van der Waals surface area contributed by atoms with Crippen molar-refractivity contribution in [2.75, 3.05) is 70.2 Å². The number of nitrogens with zero attached hydrogens (tertiary/aromatic N) is 3. The van der Waals surface area contributed by atoms with Gasteiger partial charge in [-0.2, -0.15) is 0 Å². The zero-order valence-corrected chi connectivity index (χ0v) is 26.9. The predicted molar refractivity (Wildman–Crippen MR) is 178 cm³/mol. The summed E-state index contributed by atoms with van der Waals surface area (Å²) in [5.41, 5.74) is 1.93. The Morgan fingerprint density at radius 3 is 2.61 bits per heavy atom. The minimum Gasteiger partial charge on any atom is -0.488 e. The second kappa shape index (κ2) is 15.4. The highest BCUT2D eigenvalue weighted by Crippen LogP contribution is 2.30. The number of carbonyl (C=O) groups excluding carboxylic acids is 3. The van der Waals surface area contributed by atoms with Crippen LogP contribution < -0.4 is 15.4 Å². The standard InChI is InChI=1S/C35H45N5O6/c1-24-21-40(25(2)23-41)34(43)20-27-19-28(36-33(42)13-14-39-15-17-45-18-16-39)11-12-31(27)46-32(24)22-38(3)35(44)37-30-10-6-8-26-7-4-5-9-29(26)30/h4-12,19,24-25,32,41H,13-18,20-23H2,1-3H3,(H,36,42)(H,37,44)/t24-,25-,32-/m0/s1. The molecule has 2 aliphatic rings. The van der Waals surface area contributed by atoms with E-state index in [2.05, 4.69) is 15.5 Å². The van der Waals surface area contributed by atoms with Crippen molar-refractivity contribution >= 4 is 40.0 Å². The number of benzene rings is 3. The maximum Gasteiger partial charge on any atom is 0.321 e. The van der Waals surface area contributed by atoms with Gasteiger partial charge in [0.2, 0.25) is 11.8 Å². The van der Waals surface area contributed by atoms with Crippen LogP contribution in [-0.4, -0.2) is 109 Å². The number of fused-ring (bicyclic) bond motifs is 2. The summed E-state index contributed by atoms with van der Waals surface area (Å²) >= 11 is 0. The molecule has 1 fully saturated rings. The van der Waals surface area contributed by atoms with E-state index < -0.39 is 12.1 Å². The van der Waals surface area contributed by atoms with Gasteiger partial charge in [0.05, 0.1) is 44.5 Å². The molecule has 0 unspecified atom stereocenters. The quantitative estimate of drug-likeness (QED) is 0.328. The third kappa shape index (κ3) is 8.34. The highest BCUT2D eigenvalue weighted by atomic mass is 16.5. The first-order chi connectivity index (χ1) is 22.2. The summed E-state index contributed by atoms with van der Waals surface area (Å²) in [4.78, 5) is 45.2. The van der Waals surface area contributed by atoms with E-state index in [1.165, 1.54) is 0 Å². The zero-order valence-electron chi connectivity index (χ0n) is 26.9. The molecule has 3 atom stereocenters. The van der Waals surface area contributed by atoms with Crippen LogP contribution in [0.2, 0.25) is 0 Å². The third-order valence-corrected chi connectivity index (χ3v) is 8.79. The van der Waals surface area contributed by atoms with Crippen molar-refractivity contribution in [3.05, 3.63) is 66.2 Å². The summed E-state index contributed by atoms with van der Waals surface area (Å²) in [5, 5.41) is 17.9. The fraction of sp³-hybridized carbons (Fsp3) is 0.457. The number of hydrogen-bond acceptors (Lipinski definition) is 7. The van der Waals surface area contributed by atoms with Crippen LogP contribution in [0.15, 0.2) is 60.7 Å². The summed E-state index contributed by atoms with van der Waals surface area (Å²) in [6.07, 6.45) is -0.0648. The number of anilines is 2. The van der Waals surface area contributed by atoms with Gasteiger partial charge in [-0.05, 0) is 36.6 Å². The fourth-order valence-corrected chi connectivity index (χ4v) is 5.93. The number of hydrogen-bond donors (Lipinski definition) is 3. The van der Waals surface area contributed by atoms with E-state index in [0.29, 0.717) is 49.7 Å². The average Bonchev–Trinajstić information content (AvgIpc) is 3.11. The van der Waals surface area contributed by atoms with Crippen LogP contribution in [-0.2, 0) is 20.7 Å². The maximum absolute atomic E-state index is 13.6. The molecule has 2 aliphatic heterocycles. The van der Waals surface area contributed by atoms with Gasteiger partial charge in [0.15, 0.2) is 0 Å². The lowest BCUT2D eigenvalue weighted by Gasteiger charge is -2.34. The van der Waals surface area contributed by atoms with Gasteiger partial charge in [0.25, 0.3) is 0 Å². The van der Waals surface area contributed by atoms with Gasteiger partial charge in [-0.25, -0.2) is 4.79 Å². The van der Waals surface area contributed by atoms with Gasteiger partial charge in [0.1, 0.15) is 11.9 Å². The smallest absolute Gasteiger partial charge is 0.321 e. The molecule has 46 heavy (non-hydrogen) atoms. The van der Waals surface area contributed by atoms with E-state index in [4.69, 9.17) is 9.47 Å². The van der Waals surface area contributed by atoms with Crippen LogP contribution in [0, 0.1) is 5.92 Å². The van der Waals surface area contributed by atoms with Crippen LogP contribution in [0.5, 0.6) is 5.75 Å². The van der Waals surface area contributed by atoms with E-state index in [-0.39, 0.29) is 43.3 Å². The van der Waals surface area contributed by atoms with Crippen molar-refractivity contribution in [3.63, 3.8) is 0 Å². The molecule has 4 amide bonds. The second-order valence-electron chi connectivity index (χ2n) is 12.3. The molecule has 5 rings (SSSR count). The average molecular weight is 632 g/mol. The van der Waals surface area contributed by atoms with Crippen molar-refractivity contribution in [1.29, 1.82) is 0 Å². The SMILES string of the molecule is C[C@H]1CN([C@@H](C)CO)C(=O)Cc2cc(NC(=O)CCN3CCOCC3)ccc2O[C@H]1CN(C)C(=O)Nc1cccc2ccccc12. The van der Waals surface area contributed by atoms with Crippen LogP contribution in [0.25, 0.3) is 10.8 Å². The molecule has 0 spiro atoms. The largest absolute Gasteiger partial charge is 0.488 e. The number of likely N-dealkylation sites (N-methyl/N-ethyl adjacent to an activating group) is 1. The van der Waals surface area contributed by atoms with E-state index in [1.54, 1.807) is 35.0 Å². The number of nitrogens with one attached hydrogen (secondary N) is 2. The number of aliphatic hydroxyl groups is 1. The van der Waals surface area contributed by atoms with Gasteiger partial charge in [-0.1, -0.05) is 43.3 Å². The predicted octanol–water partition coefficient (Wildman–Crippen LogP) is 3.81. The molecule has 11 heteroatoms. The van der Waals surface area contributed by atoms with Crippen molar-refractivity contribution in [3.8, 4) is 5.75 Å². The summed E-state index contributed by atoms with van der Waals surface area (Å²) in [6.45, 7) is 7.86. The van der Waals surface area contributed by atoms with Gasteiger partial charge >= 0.3 is 6.03 Å². The minimum atomic E-state index is -0.463.